The molecule has 0 aromatic heterocycles. The molecule has 2 atom stereocenters. The SMILES string of the molecule is CC1N(c2ccc(C#N)cc2)C(=O)N(c2ccc(C#N)cc2)C1(O)c1cccc(OC(F)(F)F)c1. The van der Waals surface area contributed by atoms with Crippen LogP contribution in [-0.2, 0) is 5.72 Å². The Morgan fingerprint density at radius 3 is 2.00 bits per heavy atom. The largest absolute Gasteiger partial charge is 0.573 e. The summed E-state index contributed by atoms with van der Waals surface area (Å²) in [6, 6.07) is 19.1. The Morgan fingerprint density at radius 2 is 1.49 bits per heavy atom. The first-order valence-corrected chi connectivity index (χ1v) is 10.3. The number of rotatable bonds is 4. The Morgan fingerprint density at radius 1 is 0.943 bits per heavy atom. The number of alkyl halides is 3. The third-order valence-electron chi connectivity index (χ3n) is 5.73. The first-order chi connectivity index (χ1) is 16.6. The van der Waals surface area contributed by atoms with Crippen LogP contribution in [0.1, 0.15) is 23.6 Å². The van der Waals surface area contributed by atoms with Gasteiger partial charge in [0.1, 0.15) is 5.75 Å². The molecule has 3 aromatic carbocycles. The van der Waals surface area contributed by atoms with Crippen molar-refractivity contribution in [3.63, 3.8) is 0 Å². The third-order valence-corrected chi connectivity index (χ3v) is 5.73. The van der Waals surface area contributed by atoms with Gasteiger partial charge in [-0.25, -0.2) is 4.79 Å². The highest BCUT2D eigenvalue weighted by atomic mass is 19.4. The van der Waals surface area contributed by atoms with Crippen LogP contribution in [0.4, 0.5) is 29.3 Å². The number of nitrogens with zero attached hydrogens (tertiary/aromatic N) is 4. The molecule has 176 valence electrons. The number of nitriles is 2. The van der Waals surface area contributed by atoms with E-state index in [1.54, 1.807) is 19.1 Å². The van der Waals surface area contributed by atoms with Crippen LogP contribution in [-0.4, -0.2) is 23.5 Å². The van der Waals surface area contributed by atoms with E-state index in [2.05, 4.69) is 4.74 Å². The molecule has 0 radical (unpaired) electrons. The van der Waals surface area contributed by atoms with Gasteiger partial charge >= 0.3 is 12.4 Å². The number of halogens is 3. The summed E-state index contributed by atoms with van der Waals surface area (Å²) in [7, 11) is 0. The van der Waals surface area contributed by atoms with E-state index in [1.165, 1.54) is 53.4 Å². The molecule has 1 N–H and O–H groups in total. The molecule has 1 aliphatic rings. The van der Waals surface area contributed by atoms with Crippen LogP contribution in [0.15, 0.2) is 72.8 Å². The summed E-state index contributed by atoms with van der Waals surface area (Å²) in [5, 5.41) is 30.2. The smallest absolute Gasteiger partial charge is 0.406 e. The summed E-state index contributed by atoms with van der Waals surface area (Å²) < 4.78 is 42.5. The van der Waals surface area contributed by atoms with Crippen LogP contribution in [0, 0.1) is 22.7 Å². The highest BCUT2D eigenvalue weighted by Gasteiger charge is 2.57. The standard InChI is InChI=1S/C25H17F3N4O3/c1-16-24(34,19-3-2-4-22(13-19)35-25(26,27)28)32(21-11-7-18(15-30)8-12-21)23(33)31(16)20-9-5-17(14-29)6-10-20/h2-13,16,34H,1H3. The Labute approximate surface area is 198 Å². The number of aliphatic hydroxyl groups is 1. The minimum absolute atomic E-state index is 0.0133. The molecule has 35 heavy (non-hydrogen) atoms. The number of anilines is 2. The molecule has 0 aliphatic carbocycles. The van der Waals surface area contributed by atoms with Crippen molar-refractivity contribution in [3.05, 3.63) is 89.5 Å². The van der Waals surface area contributed by atoms with Crippen LogP contribution in [0.2, 0.25) is 0 Å². The zero-order valence-corrected chi connectivity index (χ0v) is 18.2. The topological polar surface area (TPSA) is 101 Å². The molecule has 1 saturated heterocycles. The first kappa shape index (κ1) is 23.6. The number of ether oxygens (including phenoxy) is 1. The lowest BCUT2D eigenvalue weighted by atomic mass is 9.94. The molecule has 7 nitrogen and oxygen atoms in total. The Balaban J connectivity index is 1.87. The van der Waals surface area contributed by atoms with Crippen molar-refractivity contribution in [2.75, 3.05) is 9.80 Å². The summed E-state index contributed by atoms with van der Waals surface area (Å²) in [5.74, 6) is -0.556. The predicted molar refractivity (Wildman–Crippen MR) is 119 cm³/mol. The van der Waals surface area contributed by atoms with Crippen molar-refractivity contribution in [2.24, 2.45) is 0 Å². The van der Waals surface area contributed by atoms with Gasteiger partial charge in [0.25, 0.3) is 0 Å². The van der Waals surface area contributed by atoms with Gasteiger partial charge in [-0.05, 0) is 67.6 Å². The van der Waals surface area contributed by atoms with Gasteiger partial charge in [0.2, 0.25) is 0 Å². The molecule has 0 bridgehead atoms. The lowest BCUT2D eigenvalue weighted by Gasteiger charge is -2.36. The van der Waals surface area contributed by atoms with Crippen LogP contribution < -0.4 is 14.5 Å². The quantitative estimate of drug-likeness (QED) is 0.568. The van der Waals surface area contributed by atoms with E-state index in [0.29, 0.717) is 16.8 Å². The van der Waals surface area contributed by atoms with E-state index >= 15 is 0 Å². The normalized spacial score (nSPS) is 19.9. The second kappa shape index (κ2) is 8.67. The molecule has 4 rings (SSSR count). The molecule has 1 heterocycles. The first-order valence-electron chi connectivity index (χ1n) is 10.3. The number of urea groups is 1. The maximum atomic E-state index is 13.7. The molecule has 3 aromatic rings. The molecule has 0 saturated carbocycles. The van der Waals surface area contributed by atoms with Crippen LogP contribution in [0.3, 0.4) is 0 Å². The highest BCUT2D eigenvalue weighted by Crippen LogP contribution is 2.45. The number of amides is 2. The average Bonchev–Trinajstić information content (AvgIpc) is 3.04. The predicted octanol–water partition coefficient (Wildman–Crippen LogP) is 5.01. The Kier molecular flexibility index (Phi) is 5.85. The van der Waals surface area contributed by atoms with Gasteiger partial charge in [-0.2, -0.15) is 10.5 Å². The fourth-order valence-electron chi connectivity index (χ4n) is 4.10. The summed E-state index contributed by atoms with van der Waals surface area (Å²) in [4.78, 5) is 16.0. The van der Waals surface area contributed by atoms with Gasteiger partial charge in [0.15, 0.2) is 5.72 Å². The molecule has 2 amide bonds. The molecule has 0 spiro atoms. The van der Waals surface area contributed by atoms with Crippen molar-refractivity contribution >= 4 is 17.4 Å². The molecule has 1 aliphatic heterocycles. The fraction of sp³-hybridized carbons (Fsp3) is 0.160. The van der Waals surface area contributed by atoms with Gasteiger partial charge < -0.3 is 9.84 Å². The van der Waals surface area contributed by atoms with Crippen LogP contribution in [0.5, 0.6) is 5.75 Å². The number of carbonyl (C=O) groups excluding carboxylic acids is 1. The summed E-state index contributed by atoms with van der Waals surface area (Å²) >= 11 is 0. The fourth-order valence-corrected chi connectivity index (χ4v) is 4.10. The number of hydrogen-bond donors (Lipinski definition) is 1. The van der Waals surface area contributed by atoms with Gasteiger partial charge in [0, 0.05) is 16.9 Å². The molecule has 2 unspecified atom stereocenters. The Hall–Kier alpha value is -4.54. The minimum atomic E-state index is -4.94. The van der Waals surface area contributed by atoms with E-state index in [9.17, 15) is 23.1 Å². The van der Waals surface area contributed by atoms with Gasteiger partial charge in [0.05, 0.1) is 29.3 Å². The molecular weight excluding hydrogens is 461 g/mol. The highest BCUT2D eigenvalue weighted by molar-refractivity contribution is 6.08. The zero-order chi connectivity index (χ0) is 25.4. The lowest BCUT2D eigenvalue weighted by molar-refractivity contribution is -0.274. The molecule has 1 fully saturated rings. The second-order valence-corrected chi connectivity index (χ2v) is 7.78. The van der Waals surface area contributed by atoms with Crippen molar-refractivity contribution in [1.82, 2.24) is 0 Å². The van der Waals surface area contributed by atoms with E-state index in [1.807, 2.05) is 12.1 Å². The number of carbonyl (C=O) groups is 1. The molecule has 10 heteroatoms. The summed E-state index contributed by atoms with van der Waals surface area (Å²) in [6.45, 7) is 1.55. The maximum absolute atomic E-state index is 13.7. The summed E-state index contributed by atoms with van der Waals surface area (Å²) in [5.41, 5.74) is -0.851. The number of benzene rings is 3. The van der Waals surface area contributed by atoms with Gasteiger partial charge in [-0.3, -0.25) is 9.80 Å². The monoisotopic (exact) mass is 478 g/mol. The van der Waals surface area contributed by atoms with Gasteiger partial charge in [-0.1, -0.05) is 12.1 Å². The van der Waals surface area contributed by atoms with E-state index < -0.39 is 29.9 Å². The summed E-state index contributed by atoms with van der Waals surface area (Å²) in [6.07, 6.45) is -4.94. The second-order valence-electron chi connectivity index (χ2n) is 7.78. The van der Waals surface area contributed by atoms with Crippen molar-refractivity contribution in [1.29, 1.82) is 10.5 Å². The minimum Gasteiger partial charge on any atom is -0.406 e. The van der Waals surface area contributed by atoms with Crippen molar-refractivity contribution in [2.45, 2.75) is 25.1 Å². The lowest BCUT2D eigenvalue weighted by Crippen LogP contribution is -2.48. The van der Waals surface area contributed by atoms with Crippen LogP contribution >= 0.6 is 0 Å². The zero-order valence-electron chi connectivity index (χ0n) is 18.2. The van der Waals surface area contributed by atoms with Crippen molar-refractivity contribution in [3.8, 4) is 17.9 Å². The van der Waals surface area contributed by atoms with Gasteiger partial charge in [-0.15, -0.1) is 13.2 Å². The third kappa shape index (κ3) is 4.23. The van der Waals surface area contributed by atoms with E-state index in [-0.39, 0.29) is 11.3 Å². The van der Waals surface area contributed by atoms with Crippen LogP contribution in [0.25, 0.3) is 0 Å². The Bertz CT molecular complexity index is 1340. The van der Waals surface area contributed by atoms with E-state index in [0.717, 1.165) is 17.0 Å². The number of hydrogen-bond acceptors (Lipinski definition) is 5. The average molecular weight is 478 g/mol. The van der Waals surface area contributed by atoms with E-state index in [4.69, 9.17) is 10.5 Å². The van der Waals surface area contributed by atoms with Crippen molar-refractivity contribution < 1.29 is 27.8 Å². The molecular formula is C25H17F3N4O3. The maximum Gasteiger partial charge on any atom is 0.573 e.